The summed E-state index contributed by atoms with van der Waals surface area (Å²) in [5.74, 6) is 0.375. The van der Waals surface area contributed by atoms with Crippen molar-refractivity contribution in [3.63, 3.8) is 0 Å². The summed E-state index contributed by atoms with van der Waals surface area (Å²) in [7, 11) is 0. The highest BCUT2D eigenvalue weighted by molar-refractivity contribution is 9.10. The fourth-order valence-electron chi connectivity index (χ4n) is 1.68. The monoisotopic (exact) mass is 348 g/mol. The molecule has 1 aromatic carbocycles. The molecular formula is C12H9BrN6O2. The Labute approximate surface area is 126 Å². The second-order valence-electron chi connectivity index (χ2n) is 4.09. The Kier molecular flexibility index (Phi) is 3.40. The maximum absolute atomic E-state index is 11.5. The number of aromatic nitrogens is 4. The molecular weight excluding hydrogens is 340 g/mol. The molecule has 0 aliphatic heterocycles. The number of hydrogen-bond acceptors (Lipinski definition) is 6. The number of rotatable bonds is 3. The maximum atomic E-state index is 11.5. The van der Waals surface area contributed by atoms with Crippen LogP contribution in [0, 0.1) is 0 Å². The Morgan fingerprint density at radius 3 is 3.05 bits per heavy atom. The van der Waals surface area contributed by atoms with Crippen molar-refractivity contribution >= 4 is 39.3 Å². The van der Waals surface area contributed by atoms with Crippen LogP contribution in [0.15, 0.2) is 38.9 Å². The van der Waals surface area contributed by atoms with Crippen LogP contribution in [0.2, 0.25) is 0 Å². The fraction of sp³-hybridized carbons (Fsp3) is 0. The topological polar surface area (TPSA) is 119 Å². The Hall–Kier alpha value is -2.68. The van der Waals surface area contributed by atoms with Crippen molar-refractivity contribution in [2.75, 3.05) is 5.43 Å². The lowest BCUT2D eigenvalue weighted by Crippen LogP contribution is -2.05. The number of halogens is 1. The third-order valence-electron chi connectivity index (χ3n) is 2.66. The number of hydrogen-bond donors (Lipinski definition) is 4. The van der Waals surface area contributed by atoms with E-state index in [1.165, 1.54) is 12.5 Å². The van der Waals surface area contributed by atoms with Gasteiger partial charge >= 0.3 is 0 Å². The molecule has 0 spiro atoms. The number of nitrogens with one attached hydrogen (secondary N) is 3. The van der Waals surface area contributed by atoms with E-state index in [1.54, 1.807) is 18.2 Å². The van der Waals surface area contributed by atoms with E-state index in [0.717, 1.165) is 4.47 Å². The lowest BCUT2D eigenvalue weighted by Gasteiger charge is -1.99. The van der Waals surface area contributed by atoms with Gasteiger partial charge in [0, 0.05) is 10.0 Å². The van der Waals surface area contributed by atoms with Crippen molar-refractivity contribution in [2.45, 2.75) is 0 Å². The average molecular weight is 349 g/mol. The van der Waals surface area contributed by atoms with Crippen LogP contribution >= 0.6 is 15.9 Å². The summed E-state index contributed by atoms with van der Waals surface area (Å²) in [5, 5.41) is 13.7. The van der Waals surface area contributed by atoms with E-state index in [9.17, 15) is 9.90 Å². The van der Waals surface area contributed by atoms with Crippen molar-refractivity contribution in [2.24, 2.45) is 5.10 Å². The Balaban J connectivity index is 1.81. The van der Waals surface area contributed by atoms with Gasteiger partial charge in [0.1, 0.15) is 5.75 Å². The zero-order valence-corrected chi connectivity index (χ0v) is 12.0. The van der Waals surface area contributed by atoms with Gasteiger partial charge in [-0.2, -0.15) is 10.1 Å². The number of aromatic amines is 2. The van der Waals surface area contributed by atoms with E-state index in [1.807, 2.05) is 0 Å². The number of phenols is 1. The summed E-state index contributed by atoms with van der Waals surface area (Å²) < 4.78 is 0.771. The van der Waals surface area contributed by atoms with E-state index in [-0.39, 0.29) is 22.8 Å². The predicted molar refractivity (Wildman–Crippen MR) is 81.5 cm³/mol. The van der Waals surface area contributed by atoms with Crippen LogP contribution in [0.5, 0.6) is 5.75 Å². The summed E-state index contributed by atoms with van der Waals surface area (Å²) in [6.45, 7) is 0. The van der Waals surface area contributed by atoms with Gasteiger partial charge in [-0.05, 0) is 18.2 Å². The van der Waals surface area contributed by atoms with E-state index < -0.39 is 0 Å². The summed E-state index contributed by atoms with van der Waals surface area (Å²) in [4.78, 5) is 24.7. The molecule has 0 unspecified atom stereocenters. The minimum absolute atomic E-state index is 0.0950. The Morgan fingerprint density at radius 1 is 1.43 bits per heavy atom. The maximum Gasteiger partial charge on any atom is 0.276 e. The molecule has 8 nitrogen and oxygen atoms in total. The summed E-state index contributed by atoms with van der Waals surface area (Å²) in [6, 6.07) is 5.05. The first-order valence-electron chi connectivity index (χ1n) is 5.84. The van der Waals surface area contributed by atoms with Crippen LogP contribution in [-0.4, -0.2) is 31.3 Å². The van der Waals surface area contributed by atoms with E-state index >= 15 is 0 Å². The molecule has 3 aromatic rings. The standard InChI is InChI=1S/C12H9BrN6O2/c13-7-2-1-6(8(20)3-7)4-16-19-12-17-9-10(18-12)14-5-15-11(9)21/h1-5,20H,(H3,14,15,17,18,19,21)/b16-4-. The molecule has 0 aliphatic rings. The second-order valence-corrected chi connectivity index (χ2v) is 5.00. The van der Waals surface area contributed by atoms with Crippen LogP contribution in [0.4, 0.5) is 5.95 Å². The molecule has 0 radical (unpaired) electrons. The number of imidazole rings is 1. The van der Waals surface area contributed by atoms with Crippen LogP contribution in [0.3, 0.4) is 0 Å². The van der Waals surface area contributed by atoms with Crippen molar-refractivity contribution in [1.29, 1.82) is 0 Å². The van der Waals surface area contributed by atoms with Gasteiger partial charge in [-0.3, -0.25) is 4.79 Å². The molecule has 106 valence electrons. The SMILES string of the molecule is O=c1[nH]cnc2nc(N/N=C\c3ccc(Br)cc3O)[nH]c12. The number of hydrazone groups is 1. The van der Waals surface area contributed by atoms with Crippen molar-refractivity contribution < 1.29 is 5.11 Å². The number of phenolic OH excluding ortho intramolecular Hbond substituents is 1. The number of benzene rings is 1. The summed E-state index contributed by atoms with van der Waals surface area (Å²) >= 11 is 3.25. The highest BCUT2D eigenvalue weighted by Gasteiger charge is 2.05. The molecule has 0 saturated carbocycles. The number of H-pyrrole nitrogens is 2. The zero-order chi connectivity index (χ0) is 14.8. The smallest absolute Gasteiger partial charge is 0.276 e. The number of anilines is 1. The minimum atomic E-state index is -0.310. The molecule has 2 aromatic heterocycles. The zero-order valence-electron chi connectivity index (χ0n) is 10.5. The van der Waals surface area contributed by atoms with Crippen LogP contribution in [0.25, 0.3) is 11.2 Å². The second kappa shape index (κ2) is 5.37. The molecule has 3 rings (SSSR count). The quantitative estimate of drug-likeness (QED) is 0.423. The lowest BCUT2D eigenvalue weighted by molar-refractivity contribution is 0.474. The van der Waals surface area contributed by atoms with Gasteiger partial charge in [0.25, 0.3) is 5.56 Å². The van der Waals surface area contributed by atoms with Gasteiger partial charge in [0.05, 0.1) is 12.5 Å². The first kappa shape index (κ1) is 13.3. The molecule has 0 atom stereocenters. The molecule has 4 N–H and O–H groups in total. The summed E-state index contributed by atoms with van der Waals surface area (Å²) in [6.07, 6.45) is 2.71. The van der Waals surface area contributed by atoms with E-state index in [4.69, 9.17) is 0 Å². The molecule has 0 bridgehead atoms. The molecule has 0 aliphatic carbocycles. The van der Waals surface area contributed by atoms with E-state index in [2.05, 4.69) is 46.4 Å². The van der Waals surface area contributed by atoms with Gasteiger partial charge in [-0.15, -0.1) is 0 Å². The number of aromatic hydroxyl groups is 1. The van der Waals surface area contributed by atoms with Gasteiger partial charge in [0.15, 0.2) is 11.2 Å². The highest BCUT2D eigenvalue weighted by Crippen LogP contribution is 2.20. The predicted octanol–water partition coefficient (Wildman–Crippen LogP) is 1.56. The Morgan fingerprint density at radius 2 is 2.29 bits per heavy atom. The van der Waals surface area contributed by atoms with Crippen molar-refractivity contribution in [3.8, 4) is 5.75 Å². The molecule has 0 saturated heterocycles. The largest absolute Gasteiger partial charge is 0.507 e. The molecule has 0 fully saturated rings. The van der Waals surface area contributed by atoms with Crippen LogP contribution in [0.1, 0.15) is 5.56 Å². The third kappa shape index (κ3) is 2.77. The minimum Gasteiger partial charge on any atom is -0.507 e. The first-order valence-corrected chi connectivity index (χ1v) is 6.64. The molecule has 9 heteroatoms. The van der Waals surface area contributed by atoms with Crippen molar-refractivity contribution in [1.82, 2.24) is 19.9 Å². The fourth-order valence-corrected chi connectivity index (χ4v) is 2.03. The normalized spacial score (nSPS) is 11.3. The van der Waals surface area contributed by atoms with Gasteiger partial charge in [-0.1, -0.05) is 15.9 Å². The average Bonchev–Trinajstić information content (AvgIpc) is 2.86. The number of nitrogens with zero attached hydrogens (tertiary/aromatic N) is 3. The van der Waals surface area contributed by atoms with Crippen molar-refractivity contribution in [3.05, 3.63) is 44.9 Å². The van der Waals surface area contributed by atoms with Crippen LogP contribution in [-0.2, 0) is 0 Å². The third-order valence-corrected chi connectivity index (χ3v) is 3.15. The Bertz CT molecular complexity index is 885. The van der Waals surface area contributed by atoms with Gasteiger partial charge < -0.3 is 15.1 Å². The van der Waals surface area contributed by atoms with Crippen LogP contribution < -0.4 is 11.0 Å². The molecule has 2 heterocycles. The van der Waals surface area contributed by atoms with Gasteiger partial charge in [0.2, 0.25) is 5.95 Å². The number of fused-ring (bicyclic) bond motifs is 1. The molecule has 21 heavy (non-hydrogen) atoms. The lowest BCUT2D eigenvalue weighted by atomic mass is 10.2. The first-order chi connectivity index (χ1) is 10.1. The van der Waals surface area contributed by atoms with Gasteiger partial charge in [-0.25, -0.2) is 10.4 Å². The summed E-state index contributed by atoms with van der Waals surface area (Å²) in [5.41, 5.74) is 3.43. The van der Waals surface area contributed by atoms with E-state index in [0.29, 0.717) is 11.2 Å². The highest BCUT2D eigenvalue weighted by atomic mass is 79.9. The molecule has 0 amide bonds.